The quantitative estimate of drug-likeness (QED) is 0.917. The van der Waals surface area contributed by atoms with Crippen LogP contribution in [0.1, 0.15) is 21.6 Å². The van der Waals surface area contributed by atoms with Crippen LogP contribution in [0.5, 0.6) is 0 Å². The maximum atomic E-state index is 12.0. The number of rotatable bonds is 2. The standard InChI is InChI=1S/C14H7ClN4O/c15-11-3-2-10(7-17)13(5-11)19-14(20)12-4-1-9(6-16)8-18-12/h1-5,8H,(H,19,20). The maximum absolute atomic E-state index is 12.0. The first-order chi connectivity index (χ1) is 9.63. The highest BCUT2D eigenvalue weighted by atomic mass is 35.5. The molecule has 1 N–H and O–H groups in total. The summed E-state index contributed by atoms with van der Waals surface area (Å²) in [7, 11) is 0. The smallest absolute Gasteiger partial charge is 0.274 e. The average molecular weight is 283 g/mol. The maximum Gasteiger partial charge on any atom is 0.274 e. The highest BCUT2D eigenvalue weighted by Gasteiger charge is 2.11. The predicted molar refractivity (Wildman–Crippen MR) is 73.1 cm³/mol. The number of hydrogen-bond donors (Lipinski definition) is 1. The average Bonchev–Trinajstić information content (AvgIpc) is 2.47. The van der Waals surface area contributed by atoms with Gasteiger partial charge in [-0.05, 0) is 30.3 Å². The molecule has 0 fully saturated rings. The zero-order valence-corrected chi connectivity index (χ0v) is 10.8. The lowest BCUT2D eigenvalue weighted by atomic mass is 10.2. The van der Waals surface area contributed by atoms with E-state index in [-0.39, 0.29) is 5.69 Å². The summed E-state index contributed by atoms with van der Waals surface area (Å²) in [6.45, 7) is 0. The van der Waals surface area contributed by atoms with Crippen LogP contribution in [0.3, 0.4) is 0 Å². The molecule has 0 aliphatic heterocycles. The van der Waals surface area contributed by atoms with Crippen LogP contribution in [0, 0.1) is 22.7 Å². The molecule has 0 saturated carbocycles. The third kappa shape index (κ3) is 2.92. The highest BCUT2D eigenvalue weighted by Crippen LogP contribution is 2.20. The molecular weight excluding hydrogens is 276 g/mol. The van der Waals surface area contributed by atoms with E-state index in [0.717, 1.165) is 0 Å². The molecule has 2 aromatic rings. The van der Waals surface area contributed by atoms with Gasteiger partial charge in [-0.25, -0.2) is 4.98 Å². The van der Waals surface area contributed by atoms with E-state index in [1.165, 1.54) is 30.5 Å². The largest absolute Gasteiger partial charge is 0.319 e. The van der Waals surface area contributed by atoms with E-state index in [4.69, 9.17) is 22.1 Å². The van der Waals surface area contributed by atoms with Crippen LogP contribution in [-0.2, 0) is 0 Å². The van der Waals surface area contributed by atoms with Crippen molar-refractivity contribution in [2.45, 2.75) is 0 Å². The van der Waals surface area contributed by atoms with Gasteiger partial charge in [-0.1, -0.05) is 11.6 Å². The van der Waals surface area contributed by atoms with Crippen molar-refractivity contribution in [3.63, 3.8) is 0 Å². The van der Waals surface area contributed by atoms with Crippen molar-refractivity contribution in [2.24, 2.45) is 0 Å². The lowest BCUT2D eigenvalue weighted by molar-refractivity contribution is 0.102. The fourth-order valence-electron chi connectivity index (χ4n) is 1.50. The number of benzene rings is 1. The van der Waals surface area contributed by atoms with E-state index < -0.39 is 5.91 Å². The van der Waals surface area contributed by atoms with Crippen molar-refractivity contribution in [3.05, 3.63) is 58.4 Å². The number of aromatic nitrogens is 1. The van der Waals surface area contributed by atoms with Crippen LogP contribution in [0.25, 0.3) is 0 Å². The number of carbonyl (C=O) groups is 1. The van der Waals surface area contributed by atoms with Gasteiger partial charge >= 0.3 is 0 Å². The van der Waals surface area contributed by atoms with Gasteiger partial charge in [0.25, 0.3) is 5.91 Å². The number of anilines is 1. The fraction of sp³-hybridized carbons (Fsp3) is 0. The molecule has 0 saturated heterocycles. The molecule has 0 aliphatic rings. The second-order valence-corrected chi connectivity index (χ2v) is 4.24. The van der Waals surface area contributed by atoms with Gasteiger partial charge in [0, 0.05) is 11.2 Å². The van der Waals surface area contributed by atoms with Crippen LogP contribution < -0.4 is 5.32 Å². The molecule has 2 rings (SSSR count). The van der Waals surface area contributed by atoms with Gasteiger partial charge in [0.05, 0.1) is 16.8 Å². The lowest BCUT2D eigenvalue weighted by Gasteiger charge is -2.07. The van der Waals surface area contributed by atoms with Crippen LogP contribution in [0.15, 0.2) is 36.5 Å². The number of pyridine rings is 1. The van der Waals surface area contributed by atoms with Crippen LogP contribution in [0.4, 0.5) is 5.69 Å². The molecular formula is C14H7ClN4O. The van der Waals surface area contributed by atoms with E-state index in [1.807, 2.05) is 12.1 Å². The summed E-state index contributed by atoms with van der Waals surface area (Å²) in [6, 6.07) is 11.4. The Hall–Kier alpha value is -2.89. The second kappa shape index (κ2) is 5.83. The number of carbonyl (C=O) groups excluding carboxylic acids is 1. The number of hydrogen-bond acceptors (Lipinski definition) is 4. The van der Waals surface area contributed by atoms with Gasteiger partial charge in [0.1, 0.15) is 17.8 Å². The number of nitriles is 2. The van der Waals surface area contributed by atoms with Crippen molar-refractivity contribution in [3.8, 4) is 12.1 Å². The number of amides is 1. The number of nitrogens with one attached hydrogen (secondary N) is 1. The fourth-order valence-corrected chi connectivity index (χ4v) is 1.67. The van der Waals surface area contributed by atoms with Gasteiger partial charge in [-0.15, -0.1) is 0 Å². The van der Waals surface area contributed by atoms with Gasteiger partial charge in [-0.3, -0.25) is 4.79 Å². The minimum Gasteiger partial charge on any atom is -0.319 e. The Kier molecular flexibility index (Phi) is 3.95. The van der Waals surface area contributed by atoms with Gasteiger partial charge in [-0.2, -0.15) is 10.5 Å². The Labute approximate surface area is 120 Å². The van der Waals surface area contributed by atoms with Crippen molar-refractivity contribution in [2.75, 3.05) is 5.32 Å². The van der Waals surface area contributed by atoms with Crippen molar-refractivity contribution < 1.29 is 4.79 Å². The molecule has 1 aromatic carbocycles. The van der Waals surface area contributed by atoms with Crippen LogP contribution in [0.2, 0.25) is 5.02 Å². The Morgan fingerprint density at radius 2 is 2.00 bits per heavy atom. The zero-order valence-electron chi connectivity index (χ0n) is 10.1. The van der Waals surface area contributed by atoms with Gasteiger partial charge < -0.3 is 5.32 Å². The van der Waals surface area contributed by atoms with Gasteiger partial charge in [0.15, 0.2) is 0 Å². The number of halogens is 1. The lowest BCUT2D eigenvalue weighted by Crippen LogP contribution is -2.14. The van der Waals surface area contributed by atoms with E-state index in [9.17, 15) is 4.79 Å². The summed E-state index contributed by atoms with van der Waals surface area (Å²) in [5.41, 5.74) is 1.13. The molecule has 1 amide bonds. The molecule has 0 unspecified atom stereocenters. The summed E-state index contributed by atoms with van der Waals surface area (Å²) < 4.78 is 0. The Balaban J connectivity index is 2.26. The third-order valence-corrected chi connectivity index (χ3v) is 2.71. The first-order valence-electron chi connectivity index (χ1n) is 5.51. The normalized spacial score (nSPS) is 9.35. The monoisotopic (exact) mass is 282 g/mol. The molecule has 20 heavy (non-hydrogen) atoms. The van der Waals surface area contributed by atoms with E-state index in [1.54, 1.807) is 6.07 Å². The summed E-state index contributed by atoms with van der Waals surface area (Å²) >= 11 is 5.83. The molecule has 96 valence electrons. The molecule has 6 heteroatoms. The molecule has 0 atom stereocenters. The van der Waals surface area contributed by atoms with Crippen molar-refractivity contribution >= 4 is 23.2 Å². The Morgan fingerprint density at radius 1 is 1.20 bits per heavy atom. The minimum atomic E-state index is -0.478. The van der Waals surface area contributed by atoms with Crippen LogP contribution in [-0.4, -0.2) is 10.9 Å². The van der Waals surface area contributed by atoms with Crippen molar-refractivity contribution in [1.29, 1.82) is 10.5 Å². The summed E-state index contributed by atoms with van der Waals surface area (Å²) in [6.07, 6.45) is 1.30. The van der Waals surface area contributed by atoms with Gasteiger partial charge in [0.2, 0.25) is 0 Å². The molecule has 0 spiro atoms. The van der Waals surface area contributed by atoms with E-state index in [2.05, 4.69) is 10.3 Å². The molecule has 0 bridgehead atoms. The third-order valence-electron chi connectivity index (χ3n) is 2.48. The SMILES string of the molecule is N#Cc1ccc(C(=O)Nc2cc(Cl)ccc2C#N)nc1. The van der Waals surface area contributed by atoms with E-state index in [0.29, 0.717) is 21.8 Å². The first-order valence-corrected chi connectivity index (χ1v) is 5.89. The molecule has 1 heterocycles. The Bertz CT molecular complexity index is 741. The molecule has 5 nitrogen and oxygen atoms in total. The predicted octanol–water partition coefficient (Wildman–Crippen LogP) is 2.73. The summed E-state index contributed by atoms with van der Waals surface area (Å²) in [5.74, 6) is -0.478. The molecule has 1 aromatic heterocycles. The second-order valence-electron chi connectivity index (χ2n) is 3.80. The van der Waals surface area contributed by atoms with Crippen molar-refractivity contribution in [1.82, 2.24) is 4.98 Å². The topological polar surface area (TPSA) is 89.6 Å². The first kappa shape index (κ1) is 13.5. The Morgan fingerprint density at radius 3 is 2.60 bits per heavy atom. The highest BCUT2D eigenvalue weighted by molar-refractivity contribution is 6.31. The summed E-state index contributed by atoms with van der Waals surface area (Å²) in [4.78, 5) is 15.9. The van der Waals surface area contributed by atoms with Crippen LogP contribution >= 0.6 is 11.6 Å². The molecule has 0 aliphatic carbocycles. The summed E-state index contributed by atoms with van der Waals surface area (Å²) in [5, 5.41) is 20.6. The number of nitrogens with zero attached hydrogens (tertiary/aromatic N) is 3. The zero-order chi connectivity index (χ0) is 14.5. The molecule has 0 radical (unpaired) electrons. The minimum absolute atomic E-state index is 0.146. The van der Waals surface area contributed by atoms with E-state index >= 15 is 0 Å².